The van der Waals surface area contributed by atoms with Crippen LogP contribution in [-0.2, 0) is 16.1 Å². The standard InChI is InChI=1S/C42H49N3O5/c1-28-37(24-45-27-42(4)23-34(45)22-41(2,3)26-42)49-39(50-38(28)30-15-13-29(25-46)14-16-30)31-9-8-10-33(21-31)44-40(47)43-32-17-19-36(20-18-32)48-35-11-6-5-7-12-35/h5-21,28,34,37-39,46H,22-27H2,1-4H3,(H2,43,44,47). The van der Waals surface area contributed by atoms with E-state index >= 15 is 0 Å². The number of aliphatic hydroxyl groups is 1. The number of nitrogens with zero attached hydrogens (tertiary/aromatic N) is 1. The number of para-hydroxylation sites is 1. The van der Waals surface area contributed by atoms with Gasteiger partial charge in [-0.15, -0.1) is 0 Å². The van der Waals surface area contributed by atoms with Crippen LogP contribution >= 0.6 is 0 Å². The zero-order valence-electron chi connectivity index (χ0n) is 29.5. The second-order valence-corrected chi connectivity index (χ2v) is 15.6. The molecule has 2 heterocycles. The number of hydrogen-bond donors (Lipinski definition) is 3. The van der Waals surface area contributed by atoms with Gasteiger partial charge >= 0.3 is 6.03 Å². The van der Waals surface area contributed by atoms with Gasteiger partial charge in [-0.3, -0.25) is 4.90 Å². The fourth-order valence-electron chi connectivity index (χ4n) is 8.64. The molecular formula is C42H49N3O5. The van der Waals surface area contributed by atoms with E-state index in [4.69, 9.17) is 14.2 Å². The number of fused-ring (bicyclic) bond motifs is 2. The number of rotatable bonds is 9. The smallest absolute Gasteiger partial charge is 0.323 e. The summed E-state index contributed by atoms with van der Waals surface area (Å²) in [7, 11) is 0. The maximum atomic E-state index is 13.0. The molecule has 3 aliphatic rings. The Balaban J connectivity index is 1.06. The lowest BCUT2D eigenvalue weighted by Gasteiger charge is -2.43. The highest BCUT2D eigenvalue weighted by Crippen LogP contribution is 2.53. The molecule has 8 nitrogen and oxygen atoms in total. The van der Waals surface area contributed by atoms with Crippen molar-refractivity contribution in [2.24, 2.45) is 16.7 Å². The summed E-state index contributed by atoms with van der Waals surface area (Å²) in [5.74, 6) is 1.54. The highest BCUT2D eigenvalue weighted by molar-refractivity contribution is 5.99. The van der Waals surface area contributed by atoms with Crippen molar-refractivity contribution in [3.8, 4) is 11.5 Å². The Kier molecular flexibility index (Phi) is 9.72. The molecule has 6 unspecified atom stereocenters. The first-order chi connectivity index (χ1) is 24.0. The Hall–Kier alpha value is -4.21. The van der Waals surface area contributed by atoms with E-state index in [2.05, 4.69) is 55.4 Å². The molecule has 2 amide bonds. The van der Waals surface area contributed by atoms with Crippen LogP contribution in [0.2, 0.25) is 0 Å². The number of carbonyl (C=O) groups excluding carboxylic acids is 1. The molecule has 50 heavy (non-hydrogen) atoms. The van der Waals surface area contributed by atoms with Gasteiger partial charge in [0.25, 0.3) is 0 Å². The molecule has 0 radical (unpaired) electrons. The van der Waals surface area contributed by atoms with E-state index in [9.17, 15) is 9.90 Å². The predicted molar refractivity (Wildman–Crippen MR) is 196 cm³/mol. The first-order valence-corrected chi connectivity index (χ1v) is 17.8. The van der Waals surface area contributed by atoms with Crippen molar-refractivity contribution in [1.82, 2.24) is 4.90 Å². The molecule has 8 heteroatoms. The lowest BCUT2D eigenvalue weighted by atomic mass is 9.65. The van der Waals surface area contributed by atoms with Gasteiger partial charge in [0.15, 0.2) is 6.29 Å². The number of hydrogen-bond acceptors (Lipinski definition) is 6. The molecular weight excluding hydrogens is 626 g/mol. The van der Waals surface area contributed by atoms with Crippen molar-refractivity contribution >= 4 is 17.4 Å². The fourth-order valence-corrected chi connectivity index (χ4v) is 8.64. The number of carbonyl (C=O) groups is 1. The topological polar surface area (TPSA) is 92.3 Å². The van der Waals surface area contributed by atoms with E-state index in [0.717, 1.165) is 35.5 Å². The molecule has 3 N–H and O–H groups in total. The van der Waals surface area contributed by atoms with Gasteiger partial charge in [-0.2, -0.15) is 0 Å². The Labute approximate surface area is 295 Å². The van der Waals surface area contributed by atoms with Gasteiger partial charge in [0.2, 0.25) is 0 Å². The van der Waals surface area contributed by atoms with E-state index in [1.807, 2.05) is 91.0 Å². The summed E-state index contributed by atoms with van der Waals surface area (Å²) in [5, 5.41) is 15.5. The molecule has 6 atom stereocenters. The fraction of sp³-hybridized carbons (Fsp3) is 0.405. The largest absolute Gasteiger partial charge is 0.457 e. The van der Waals surface area contributed by atoms with Crippen LogP contribution in [0.1, 0.15) is 76.0 Å². The van der Waals surface area contributed by atoms with Crippen LogP contribution in [0, 0.1) is 16.7 Å². The predicted octanol–water partition coefficient (Wildman–Crippen LogP) is 9.31. The van der Waals surface area contributed by atoms with Gasteiger partial charge in [0.1, 0.15) is 11.5 Å². The third kappa shape index (κ3) is 7.89. The Morgan fingerprint density at radius 2 is 1.56 bits per heavy atom. The summed E-state index contributed by atoms with van der Waals surface area (Å²) in [6.45, 7) is 11.4. The summed E-state index contributed by atoms with van der Waals surface area (Å²) in [6.07, 6.45) is 2.82. The normalized spacial score (nSPS) is 27.4. The maximum absolute atomic E-state index is 13.0. The average Bonchev–Trinajstić information content (AvgIpc) is 3.34. The lowest BCUT2D eigenvalue weighted by Crippen LogP contribution is -2.46. The number of aliphatic hydroxyl groups excluding tert-OH is 1. The van der Waals surface area contributed by atoms with Crippen LogP contribution in [0.3, 0.4) is 0 Å². The molecule has 2 bridgehead atoms. The molecule has 4 aromatic carbocycles. The van der Waals surface area contributed by atoms with Gasteiger partial charge in [-0.05, 0) is 89.8 Å². The van der Waals surface area contributed by atoms with Crippen molar-refractivity contribution in [1.29, 1.82) is 0 Å². The van der Waals surface area contributed by atoms with Gasteiger partial charge in [0, 0.05) is 42.0 Å². The zero-order chi connectivity index (χ0) is 34.9. The molecule has 1 saturated carbocycles. The van der Waals surface area contributed by atoms with E-state index in [1.165, 1.54) is 19.3 Å². The molecule has 2 aliphatic heterocycles. The molecule has 262 valence electrons. The van der Waals surface area contributed by atoms with Crippen molar-refractivity contribution in [3.63, 3.8) is 0 Å². The quantitative estimate of drug-likeness (QED) is 0.164. The van der Waals surface area contributed by atoms with E-state index < -0.39 is 6.29 Å². The van der Waals surface area contributed by atoms with Crippen LogP contribution in [0.5, 0.6) is 11.5 Å². The van der Waals surface area contributed by atoms with Crippen molar-refractivity contribution < 1.29 is 24.1 Å². The number of benzene rings is 4. The number of amides is 2. The summed E-state index contributed by atoms with van der Waals surface area (Å²) >= 11 is 0. The third-order valence-electron chi connectivity index (χ3n) is 10.6. The number of likely N-dealkylation sites (tertiary alicyclic amines) is 1. The van der Waals surface area contributed by atoms with E-state index in [-0.39, 0.29) is 30.8 Å². The highest BCUT2D eigenvalue weighted by Gasteiger charge is 2.51. The van der Waals surface area contributed by atoms with Crippen molar-refractivity contribution in [2.75, 3.05) is 23.7 Å². The van der Waals surface area contributed by atoms with Crippen molar-refractivity contribution in [2.45, 2.75) is 78.1 Å². The SMILES string of the molecule is CC1C(CN2CC3(C)CC2CC(C)(C)C3)OC(c2cccc(NC(=O)Nc3ccc(Oc4ccccc4)cc3)c2)OC1c1ccc(CO)cc1. The second kappa shape index (κ2) is 14.2. The monoisotopic (exact) mass is 675 g/mol. The number of ether oxygens (including phenoxy) is 3. The molecule has 2 saturated heterocycles. The van der Waals surface area contributed by atoms with Crippen LogP contribution in [0.25, 0.3) is 0 Å². The van der Waals surface area contributed by atoms with Crippen LogP contribution in [0.15, 0.2) is 103 Å². The van der Waals surface area contributed by atoms with Gasteiger partial charge in [-0.1, -0.05) is 82.3 Å². The summed E-state index contributed by atoms with van der Waals surface area (Å²) in [5.41, 5.74) is 4.73. The van der Waals surface area contributed by atoms with Crippen LogP contribution in [-0.4, -0.2) is 41.3 Å². The van der Waals surface area contributed by atoms with Crippen molar-refractivity contribution in [3.05, 3.63) is 120 Å². The number of nitrogens with one attached hydrogen (secondary N) is 2. The van der Waals surface area contributed by atoms with Gasteiger partial charge in [0.05, 0.1) is 18.8 Å². The second-order valence-electron chi connectivity index (χ2n) is 15.6. The maximum Gasteiger partial charge on any atom is 0.323 e. The summed E-state index contributed by atoms with van der Waals surface area (Å²) in [6, 6.07) is 32.8. The van der Waals surface area contributed by atoms with Crippen LogP contribution < -0.4 is 15.4 Å². The first-order valence-electron chi connectivity index (χ1n) is 17.8. The Morgan fingerprint density at radius 1 is 0.840 bits per heavy atom. The summed E-state index contributed by atoms with van der Waals surface area (Å²) in [4.78, 5) is 15.7. The van der Waals surface area contributed by atoms with Gasteiger partial charge in [-0.25, -0.2) is 4.79 Å². The lowest BCUT2D eigenvalue weighted by molar-refractivity contribution is -0.276. The number of urea groups is 1. The molecule has 0 aromatic heterocycles. The van der Waals surface area contributed by atoms with E-state index in [0.29, 0.717) is 34.0 Å². The minimum Gasteiger partial charge on any atom is -0.457 e. The minimum absolute atomic E-state index is 0.00252. The van der Waals surface area contributed by atoms with Gasteiger partial charge < -0.3 is 30.0 Å². The van der Waals surface area contributed by atoms with Crippen LogP contribution in [0.4, 0.5) is 16.2 Å². The molecule has 1 aliphatic carbocycles. The molecule has 4 aromatic rings. The van der Waals surface area contributed by atoms with E-state index in [1.54, 1.807) is 0 Å². The molecule has 3 fully saturated rings. The third-order valence-corrected chi connectivity index (χ3v) is 10.6. The molecule has 0 spiro atoms. The number of anilines is 2. The summed E-state index contributed by atoms with van der Waals surface area (Å²) < 4.78 is 19.5. The first kappa shape index (κ1) is 34.2. The highest BCUT2D eigenvalue weighted by atomic mass is 16.7. The Morgan fingerprint density at radius 3 is 2.30 bits per heavy atom. The Bertz CT molecular complexity index is 1760. The minimum atomic E-state index is -0.616. The zero-order valence-corrected chi connectivity index (χ0v) is 29.5. The molecule has 7 rings (SSSR count). The average molecular weight is 676 g/mol.